The fourth-order valence-electron chi connectivity index (χ4n) is 2.54. The van der Waals surface area contributed by atoms with Gasteiger partial charge in [-0.3, -0.25) is 4.79 Å². The summed E-state index contributed by atoms with van der Waals surface area (Å²) in [5, 5.41) is 0.625. The standard InChI is InChI=1S/C14H16BrClO3/c1-14(2)11-8(4-5-19-14)6-9(16)7-10(11)12(15)13(17)18-3/h6-7,12H,4-5H2,1-3H3. The zero-order valence-electron chi connectivity index (χ0n) is 11.1. The van der Waals surface area contributed by atoms with Gasteiger partial charge >= 0.3 is 5.97 Å². The van der Waals surface area contributed by atoms with Gasteiger partial charge in [0.2, 0.25) is 0 Å². The monoisotopic (exact) mass is 346 g/mol. The molecule has 1 heterocycles. The van der Waals surface area contributed by atoms with Crippen LogP contribution in [-0.4, -0.2) is 19.7 Å². The molecule has 1 aromatic carbocycles. The molecular formula is C14H16BrClO3. The third-order valence-corrected chi connectivity index (χ3v) is 4.42. The van der Waals surface area contributed by atoms with E-state index in [0.29, 0.717) is 11.6 Å². The maximum Gasteiger partial charge on any atom is 0.324 e. The molecule has 0 saturated heterocycles. The number of methoxy groups -OCH3 is 1. The van der Waals surface area contributed by atoms with Crippen LogP contribution in [0.2, 0.25) is 5.02 Å². The summed E-state index contributed by atoms with van der Waals surface area (Å²) in [5.74, 6) is -0.342. The smallest absolute Gasteiger partial charge is 0.324 e. The number of hydrogen-bond donors (Lipinski definition) is 0. The summed E-state index contributed by atoms with van der Waals surface area (Å²) in [6.07, 6.45) is 0.799. The van der Waals surface area contributed by atoms with Crippen molar-refractivity contribution in [1.82, 2.24) is 0 Å². The van der Waals surface area contributed by atoms with E-state index in [1.54, 1.807) is 6.07 Å². The fourth-order valence-corrected chi connectivity index (χ4v) is 3.33. The molecule has 1 aromatic rings. The van der Waals surface area contributed by atoms with E-state index in [1.807, 2.05) is 19.9 Å². The van der Waals surface area contributed by atoms with Crippen molar-refractivity contribution >= 4 is 33.5 Å². The average molecular weight is 348 g/mol. The molecule has 0 aromatic heterocycles. The molecule has 0 spiro atoms. The maximum absolute atomic E-state index is 11.8. The number of halogens is 2. The van der Waals surface area contributed by atoms with Gasteiger partial charge in [-0.2, -0.15) is 0 Å². The van der Waals surface area contributed by atoms with Crippen molar-refractivity contribution < 1.29 is 14.3 Å². The topological polar surface area (TPSA) is 35.5 Å². The van der Waals surface area contributed by atoms with Crippen LogP contribution in [-0.2, 0) is 26.3 Å². The molecule has 0 saturated carbocycles. The lowest BCUT2D eigenvalue weighted by Crippen LogP contribution is -2.31. The van der Waals surface area contributed by atoms with Crippen LogP contribution in [0, 0.1) is 0 Å². The molecule has 1 atom stereocenters. The summed E-state index contributed by atoms with van der Waals surface area (Å²) in [5.41, 5.74) is 2.54. The van der Waals surface area contributed by atoms with Crippen molar-refractivity contribution in [2.75, 3.05) is 13.7 Å². The molecule has 104 valence electrons. The van der Waals surface area contributed by atoms with Gasteiger partial charge in [-0.1, -0.05) is 27.5 Å². The summed E-state index contributed by atoms with van der Waals surface area (Å²) < 4.78 is 10.6. The van der Waals surface area contributed by atoms with Crippen molar-refractivity contribution in [2.45, 2.75) is 30.7 Å². The second-order valence-electron chi connectivity index (χ2n) is 5.02. The van der Waals surface area contributed by atoms with Crippen LogP contribution in [0.15, 0.2) is 12.1 Å². The molecule has 0 aliphatic carbocycles. The van der Waals surface area contributed by atoms with Crippen molar-refractivity contribution in [3.63, 3.8) is 0 Å². The Hall–Kier alpha value is -0.580. The van der Waals surface area contributed by atoms with Crippen molar-refractivity contribution in [3.05, 3.63) is 33.8 Å². The predicted octanol–water partition coefficient (Wildman–Crippen LogP) is 3.76. The number of fused-ring (bicyclic) bond motifs is 1. The highest BCUT2D eigenvalue weighted by Crippen LogP contribution is 2.41. The molecule has 1 aliphatic rings. The molecule has 1 unspecified atom stereocenters. The minimum Gasteiger partial charge on any atom is -0.468 e. The van der Waals surface area contributed by atoms with Crippen LogP contribution in [0.1, 0.15) is 35.4 Å². The zero-order valence-corrected chi connectivity index (χ0v) is 13.5. The van der Waals surface area contributed by atoms with Gasteiger partial charge < -0.3 is 9.47 Å². The van der Waals surface area contributed by atoms with Crippen LogP contribution < -0.4 is 0 Å². The summed E-state index contributed by atoms with van der Waals surface area (Å²) in [4.78, 5) is 11.2. The number of esters is 1. The molecule has 0 bridgehead atoms. The summed E-state index contributed by atoms with van der Waals surface area (Å²) >= 11 is 9.54. The maximum atomic E-state index is 11.8. The Balaban J connectivity index is 2.60. The number of alkyl halides is 1. The van der Waals surface area contributed by atoms with E-state index in [2.05, 4.69) is 15.9 Å². The molecule has 0 amide bonds. The van der Waals surface area contributed by atoms with Gasteiger partial charge in [0.25, 0.3) is 0 Å². The molecule has 2 rings (SSSR count). The Morgan fingerprint density at radius 3 is 2.84 bits per heavy atom. The average Bonchev–Trinajstić information content (AvgIpc) is 2.35. The lowest BCUT2D eigenvalue weighted by molar-refractivity contribution is -0.139. The first-order valence-electron chi connectivity index (χ1n) is 6.05. The highest BCUT2D eigenvalue weighted by molar-refractivity contribution is 9.09. The van der Waals surface area contributed by atoms with Crippen molar-refractivity contribution in [3.8, 4) is 0 Å². The van der Waals surface area contributed by atoms with Crippen molar-refractivity contribution in [1.29, 1.82) is 0 Å². The van der Waals surface area contributed by atoms with E-state index in [9.17, 15) is 4.79 Å². The first-order valence-corrected chi connectivity index (χ1v) is 7.35. The Morgan fingerprint density at radius 2 is 2.21 bits per heavy atom. The van der Waals surface area contributed by atoms with Crippen LogP contribution in [0.5, 0.6) is 0 Å². The Morgan fingerprint density at radius 1 is 1.53 bits per heavy atom. The van der Waals surface area contributed by atoms with Gasteiger partial charge in [0.1, 0.15) is 4.83 Å². The lowest BCUT2D eigenvalue weighted by Gasteiger charge is -2.35. The Bertz CT molecular complexity index is 514. The largest absolute Gasteiger partial charge is 0.468 e. The van der Waals surface area contributed by atoms with Gasteiger partial charge in [0.05, 0.1) is 19.3 Å². The zero-order chi connectivity index (χ0) is 14.2. The molecule has 3 nitrogen and oxygen atoms in total. The SMILES string of the molecule is COC(=O)C(Br)c1cc(Cl)cc2c1C(C)(C)OCC2. The molecular weight excluding hydrogens is 332 g/mol. The lowest BCUT2D eigenvalue weighted by atomic mass is 9.84. The minimum absolute atomic E-state index is 0.342. The van der Waals surface area contributed by atoms with Gasteiger partial charge in [-0.05, 0) is 49.1 Å². The highest BCUT2D eigenvalue weighted by Gasteiger charge is 2.34. The van der Waals surface area contributed by atoms with Gasteiger partial charge in [0.15, 0.2) is 0 Å². The molecule has 5 heteroatoms. The first kappa shape index (κ1) is 14.8. The van der Waals surface area contributed by atoms with Crippen LogP contribution >= 0.6 is 27.5 Å². The van der Waals surface area contributed by atoms with E-state index in [1.165, 1.54) is 7.11 Å². The van der Waals surface area contributed by atoms with E-state index in [0.717, 1.165) is 23.1 Å². The second-order valence-corrected chi connectivity index (χ2v) is 6.38. The van der Waals surface area contributed by atoms with Crippen LogP contribution in [0.3, 0.4) is 0 Å². The summed E-state index contributed by atoms with van der Waals surface area (Å²) in [7, 11) is 1.37. The highest BCUT2D eigenvalue weighted by atomic mass is 79.9. The number of carbonyl (C=O) groups excluding carboxylic acids is 1. The van der Waals surface area contributed by atoms with E-state index >= 15 is 0 Å². The number of carbonyl (C=O) groups is 1. The summed E-state index contributed by atoms with van der Waals surface area (Å²) in [6, 6.07) is 3.74. The van der Waals surface area contributed by atoms with Crippen molar-refractivity contribution in [2.24, 2.45) is 0 Å². The Kier molecular flexibility index (Phi) is 4.23. The van der Waals surface area contributed by atoms with E-state index in [-0.39, 0.29) is 5.97 Å². The Labute approximate surface area is 126 Å². The number of rotatable bonds is 2. The number of ether oxygens (including phenoxy) is 2. The molecule has 19 heavy (non-hydrogen) atoms. The predicted molar refractivity (Wildman–Crippen MR) is 77.8 cm³/mol. The first-order chi connectivity index (χ1) is 8.86. The third kappa shape index (κ3) is 2.81. The fraction of sp³-hybridized carbons (Fsp3) is 0.500. The van der Waals surface area contributed by atoms with Gasteiger partial charge in [-0.25, -0.2) is 0 Å². The number of benzene rings is 1. The van der Waals surface area contributed by atoms with Gasteiger partial charge in [-0.15, -0.1) is 0 Å². The third-order valence-electron chi connectivity index (χ3n) is 3.33. The molecule has 0 N–H and O–H groups in total. The quantitative estimate of drug-likeness (QED) is 0.603. The summed E-state index contributed by atoms with van der Waals surface area (Å²) in [6.45, 7) is 4.66. The normalized spacial score (nSPS) is 18.6. The second kappa shape index (κ2) is 5.43. The van der Waals surface area contributed by atoms with E-state index < -0.39 is 10.4 Å². The van der Waals surface area contributed by atoms with E-state index in [4.69, 9.17) is 21.1 Å². The molecule has 1 aliphatic heterocycles. The molecule has 0 radical (unpaired) electrons. The number of hydrogen-bond acceptors (Lipinski definition) is 3. The van der Waals surface area contributed by atoms with Crippen LogP contribution in [0.25, 0.3) is 0 Å². The minimum atomic E-state index is -0.536. The van der Waals surface area contributed by atoms with Gasteiger partial charge in [0, 0.05) is 5.02 Å². The van der Waals surface area contributed by atoms with Crippen LogP contribution in [0.4, 0.5) is 0 Å². The molecule has 0 fully saturated rings.